The summed E-state index contributed by atoms with van der Waals surface area (Å²) in [6, 6.07) is 27.2. The van der Waals surface area contributed by atoms with Gasteiger partial charge in [-0.15, -0.1) is 0 Å². The van der Waals surface area contributed by atoms with Gasteiger partial charge in [-0.1, -0.05) is 55.6 Å². The molecule has 6 aromatic carbocycles. The Balaban J connectivity index is 0.000000153. The number of halogens is 6. The van der Waals surface area contributed by atoms with E-state index in [0.717, 1.165) is 102 Å². The zero-order valence-electron chi connectivity index (χ0n) is 72.5. The van der Waals surface area contributed by atoms with Crippen molar-refractivity contribution in [2.45, 2.75) is 132 Å². The first-order valence-electron chi connectivity index (χ1n) is 42.2. The second-order valence-corrected chi connectivity index (χ2v) is 34.3. The third kappa shape index (κ3) is 19.7. The summed E-state index contributed by atoms with van der Waals surface area (Å²) in [5, 5.41) is 11.3. The number of carbonyl (C=O) groups is 3. The number of amides is 3. The number of rotatable bonds is 23. The highest BCUT2D eigenvalue weighted by Gasteiger charge is 2.36. The van der Waals surface area contributed by atoms with Crippen molar-refractivity contribution >= 4 is 121 Å². The number of nitrogen functional groups attached to an aromatic ring is 3. The fourth-order valence-electron chi connectivity index (χ4n) is 16.4. The Kier molecular flexibility index (Phi) is 27.5. The number of anilines is 9. The van der Waals surface area contributed by atoms with Crippen molar-refractivity contribution in [2.24, 2.45) is 5.92 Å². The van der Waals surface area contributed by atoms with Gasteiger partial charge in [-0.2, -0.15) is 0 Å². The summed E-state index contributed by atoms with van der Waals surface area (Å²) in [4.78, 5) is 79.5. The summed E-state index contributed by atoms with van der Waals surface area (Å²) < 4.78 is 70.9. The van der Waals surface area contributed by atoms with Crippen LogP contribution >= 0.6 is 34.8 Å². The van der Waals surface area contributed by atoms with Gasteiger partial charge in [-0.25, -0.2) is 43.1 Å². The van der Waals surface area contributed by atoms with E-state index >= 15 is 13.2 Å². The molecular formula is C92H107Cl3F3N21O6. The zero-order chi connectivity index (χ0) is 89.1. The molecule has 658 valence electrons. The number of nitrogens with one attached hydrogen (secondary N) is 4. The predicted octanol–water partition coefficient (Wildman–Crippen LogP) is 16.5. The van der Waals surface area contributed by atoms with Crippen molar-refractivity contribution in [3.63, 3.8) is 0 Å². The average molecular weight is 1770 g/mol. The number of ether oxygens (including phenoxy) is 3. The van der Waals surface area contributed by atoms with Gasteiger partial charge in [-0.05, 0) is 179 Å². The molecule has 0 bridgehead atoms. The second kappa shape index (κ2) is 38.4. The van der Waals surface area contributed by atoms with Crippen LogP contribution in [0.5, 0.6) is 17.2 Å². The molecule has 1 saturated carbocycles. The van der Waals surface area contributed by atoms with Gasteiger partial charge in [0, 0.05) is 191 Å². The van der Waals surface area contributed by atoms with Crippen molar-refractivity contribution in [1.82, 2.24) is 58.2 Å². The van der Waals surface area contributed by atoms with Gasteiger partial charge in [0.15, 0.2) is 17.5 Å². The summed E-state index contributed by atoms with van der Waals surface area (Å²) in [7, 11) is 2.11. The monoisotopic (exact) mass is 1760 g/mol. The molecule has 3 saturated heterocycles. The maximum absolute atomic E-state index is 15.7. The first kappa shape index (κ1) is 89.6. The fourth-order valence-corrected chi connectivity index (χ4v) is 17.0. The number of aryl methyl sites for hydroxylation is 3. The third-order valence-corrected chi connectivity index (χ3v) is 23.8. The number of imidazole rings is 3. The number of nitrogens with zero attached hydrogens (tertiary/aromatic N) is 14. The van der Waals surface area contributed by atoms with Gasteiger partial charge in [0.25, 0.3) is 17.7 Å². The lowest BCUT2D eigenvalue weighted by Gasteiger charge is -2.36. The predicted molar refractivity (Wildman–Crippen MR) is 490 cm³/mol. The van der Waals surface area contributed by atoms with E-state index in [9.17, 15) is 14.4 Å². The van der Waals surface area contributed by atoms with Crippen LogP contribution in [0.4, 0.5) is 64.7 Å². The van der Waals surface area contributed by atoms with Crippen LogP contribution in [0.25, 0.3) is 16.6 Å². The van der Waals surface area contributed by atoms with Crippen LogP contribution in [-0.2, 0) is 0 Å². The van der Waals surface area contributed by atoms with E-state index in [0.29, 0.717) is 102 Å². The average Bonchev–Trinajstić information content (AvgIpc) is 1.75. The van der Waals surface area contributed by atoms with E-state index in [1.165, 1.54) is 37.6 Å². The number of fused-ring (bicyclic) bond motifs is 3. The van der Waals surface area contributed by atoms with E-state index in [2.05, 4.69) is 67.8 Å². The molecular weight excluding hydrogens is 1660 g/mol. The summed E-state index contributed by atoms with van der Waals surface area (Å²) >= 11 is 19.2. The van der Waals surface area contributed by atoms with Gasteiger partial charge in [-0.3, -0.25) is 32.5 Å². The number of likely N-dealkylation sites (N-methyl/N-ethyl adjacent to an activating group) is 1. The number of carbonyl (C=O) groups excluding carboxylic acids is 3. The lowest BCUT2D eigenvalue weighted by atomic mass is 9.95. The summed E-state index contributed by atoms with van der Waals surface area (Å²) in [5.41, 5.74) is 28.2. The summed E-state index contributed by atoms with van der Waals surface area (Å²) in [5.74, 6) is -1.55. The van der Waals surface area contributed by atoms with Crippen molar-refractivity contribution in [3.05, 3.63) is 229 Å². The molecule has 27 nitrogen and oxygen atoms in total. The highest BCUT2D eigenvalue weighted by Crippen LogP contribution is 2.45. The second-order valence-electron chi connectivity index (χ2n) is 33.1. The number of hydrogen-bond acceptors (Lipinski definition) is 21. The Morgan fingerprint density at radius 1 is 0.448 bits per heavy atom. The Labute approximate surface area is 740 Å². The maximum atomic E-state index is 15.7. The van der Waals surface area contributed by atoms with E-state index < -0.39 is 52.9 Å². The normalized spacial score (nSPS) is 15.4. The Bertz CT molecular complexity index is 5950. The molecule has 0 radical (unpaired) electrons. The minimum atomic E-state index is -0.846. The molecule has 9 heterocycles. The van der Waals surface area contributed by atoms with E-state index in [1.807, 2.05) is 169 Å². The molecule has 1 aliphatic carbocycles. The van der Waals surface area contributed by atoms with Gasteiger partial charge in [0.05, 0.1) is 50.5 Å². The van der Waals surface area contributed by atoms with Gasteiger partial charge in [0.2, 0.25) is 0 Å². The van der Waals surface area contributed by atoms with Crippen LogP contribution in [-0.4, -0.2) is 181 Å². The number of benzene rings is 6. The molecule has 16 rings (SSSR count). The number of piperazine rings is 3. The minimum Gasteiger partial charge on any atom is -0.490 e. The molecule has 3 aliphatic heterocycles. The molecule has 3 atom stereocenters. The van der Waals surface area contributed by atoms with E-state index in [4.69, 9.17) is 81.2 Å². The quantitative estimate of drug-likeness (QED) is 0.0313. The Morgan fingerprint density at radius 3 is 1.02 bits per heavy atom. The SMILES string of the molecule is Cc1nc(C(C)c2cc(Cl)c(F)c(C(=O)Nc3ccc(N4CCN(C)CC4)cc3)c2OC(C)C)n2ccnc(N)c12.Cc1nc(C(C)c2cc(Cl)c(F)c(C(=O)Nc3ccc(N4CCN(CC5CC5)CC4)cc3)c2OC(C)C)n2ccnc(N)c12.Cc1nc(C(C)c2cc(Cl)c(F)c(C(=O)Nc3ccc(N4CCNCC4)cc3)c2OC(C)C)n2ccnc(N)c12. The topological polar surface area (TPSA) is 312 Å². The van der Waals surface area contributed by atoms with E-state index in [1.54, 1.807) is 37.2 Å². The Hall–Kier alpha value is -11.7. The summed E-state index contributed by atoms with van der Waals surface area (Å²) in [6.07, 6.45) is 11.8. The number of hydrogen-bond donors (Lipinski definition) is 7. The van der Waals surface area contributed by atoms with E-state index in [-0.39, 0.29) is 67.3 Å². The maximum Gasteiger partial charge on any atom is 0.262 e. The molecule has 33 heteroatoms. The Morgan fingerprint density at radius 2 is 0.736 bits per heavy atom. The van der Waals surface area contributed by atoms with Crippen molar-refractivity contribution in [2.75, 3.05) is 140 Å². The first-order chi connectivity index (χ1) is 59.8. The lowest BCUT2D eigenvalue weighted by molar-refractivity contribution is 0.100. The summed E-state index contributed by atoms with van der Waals surface area (Å²) in [6.45, 7) is 35.0. The van der Waals surface area contributed by atoms with Crippen molar-refractivity contribution in [3.8, 4) is 17.2 Å². The standard InChI is InChI=1S/C33H39ClFN7O2.C30H35ClFN7O2.C29H33ClFN7O2/c1-19(2)44-30-25(20(3)32-38-21(4)29-31(36)37-11-12-42(29)32)17-26(34)28(35)27(30)33(43)39-23-7-9-24(10-8-23)41-15-13-40(14-16-41)18-22-5-6-22;1-17(2)41-27-22(18(3)29-35-19(4)26-28(33)34-10-11-39(26)29)16-23(31)25(32)24(27)30(40)36-20-6-8-21(9-7-20)38-14-12-37(5)13-15-38;1-16(2)40-26-21(17(3)28-35-18(4)25-27(32)34-11-14-38(25)28)15-22(30)24(31)23(26)29(39)36-19-5-7-20(8-6-19)37-12-9-33-10-13-37/h7-12,17,19-20,22H,5-6,13-16,18H2,1-4H3,(H2,36,37)(H,39,43);6-11,16-18H,12-15H2,1-5H3,(H2,33,34)(H,36,40);5-8,11,14-17,33H,9-10,12-13H2,1-4H3,(H2,32,34)(H,36,39). The zero-order valence-corrected chi connectivity index (χ0v) is 74.8. The number of aromatic nitrogens is 9. The molecule has 4 aliphatic rings. The van der Waals surface area contributed by atoms with Crippen LogP contribution < -0.4 is 67.4 Å². The number of nitrogens with two attached hydrogens (primary N) is 3. The van der Waals surface area contributed by atoms with Crippen LogP contribution in [0.2, 0.25) is 15.1 Å². The van der Waals surface area contributed by atoms with Gasteiger partial charge < -0.3 is 72.3 Å². The first-order valence-corrected chi connectivity index (χ1v) is 43.4. The molecule has 0 spiro atoms. The molecule has 3 amide bonds. The van der Waals surface area contributed by atoms with Crippen LogP contribution in [0.15, 0.2) is 128 Å². The van der Waals surface area contributed by atoms with Crippen LogP contribution in [0, 0.1) is 44.1 Å². The van der Waals surface area contributed by atoms with Crippen LogP contribution in [0.3, 0.4) is 0 Å². The van der Waals surface area contributed by atoms with Gasteiger partial charge in [0.1, 0.15) is 85.4 Å². The molecule has 6 aromatic heterocycles. The highest BCUT2D eigenvalue weighted by atomic mass is 35.5. The molecule has 3 unspecified atom stereocenters. The largest absolute Gasteiger partial charge is 0.490 e. The van der Waals surface area contributed by atoms with Crippen molar-refractivity contribution < 1.29 is 41.8 Å². The van der Waals surface area contributed by atoms with Crippen molar-refractivity contribution in [1.29, 1.82) is 0 Å². The molecule has 10 N–H and O–H groups in total. The smallest absolute Gasteiger partial charge is 0.262 e. The van der Waals surface area contributed by atoms with Gasteiger partial charge >= 0.3 is 0 Å². The minimum absolute atomic E-state index is 0.121. The fraction of sp³-hybridized carbons (Fsp3) is 0.380. The lowest BCUT2D eigenvalue weighted by Crippen LogP contribution is -2.47. The molecule has 125 heavy (non-hydrogen) atoms. The molecule has 12 aromatic rings. The highest BCUT2D eigenvalue weighted by molar-refractivity contribution is 6.32. The third-order valence-electron chi connectivity index (χ3n) is 22.9. The molecule has 4 fully saturated rings. The van der Waals surface area contributed by atoms with Crippen LogP contribution in [0.1, 0.15) is 175 Å².